The molecule has 0 fully saturated rings. The standard InChI is InChI=1S/C18H35NO3/c1-4-14-22-15-10-12-18(21)19-13-9-7-5-6-8-11-17(20)16(2)3/h16H,4-15H2,1-3H3,(H,19,21). The molecular weight excluding hydrogens is 278 g/mol. The Hall–Kier alpha value is -0.900. The van der Waals surface area contributed by atoms with E-state index < -0.39 is 0 Å². The van der Waals surface area contributed by atoms with Crippen molar-refractivity contribution in [3.8, 4) is 0 Å². The quantitative estimate of drug-likeness (QED) is 0.467. The number of rotatable bonds is 15. The predicted octanol–water partition coefficient (Wildman–Crippen LogP) is 3.88. The fraction of sp³-hybridized carbons (Fsp3) is 0.889. The first-order valence-corrected chi connectivity index (χ1v) is 8.95. The molecule has 0 aliphatic heterocycles. The molecule has 0 saturated carbocycles. The Bertz CT molecular complexity index is 290. The lowest BCUT2D eigenvalue weighted by atomic mass is 10.0. The number of unbranched alkanes of at least 4 members (excludes halogenated alkanes) is 4. The lowest BCUT2D eigenvalue weighted by molar-refractivity contribution is -0.122. The highest BCUT2D eigenvalue weighted by atomic mass is 16.5. The Morgan fingerprint density at radius 3 is 2.27 bits per heavy atom. The Balaban J connectivity index is 3.25. The predicted molar refractivity (Wildman–Crippen MR) is 90.9 cm³/mol. The lowest BCUT2D eigenvalue weighted by Gasteiger charge is -2.06. The summed E-state index contributed by atoms with van der Waals surface area (Å²) in [6.07, 6.45) is 8.50. The van der Waals surface area contributed by atoms with Crippen LogP contribution >= 0.6 is 0 Å². The normalized spacial score (nSPS) is 10.9. The Morgan fingerprint density at radius 2 is 1.59 bits per heavy atom. The van der Waals surface area contributed by atoms with Gasteiger partial charge in [-0.3, -0.25) is 9.59 Å². The minimum atomic E-state index is 0.127. The van der Waals surface area contributed by atoms with Crippen LogP contribution in [0.2, 0.25) is 0 Å². The highest BCUT2D eigenvalue weighted by Crippen LogP contribution is 2.08. The van der Waals surface area contributed by atoms with E-state index in [0.717, 1.165) is 58.1 Å². The minimum Gasteiger partial charge on any atom is -0.381 e. The van der Waals surface area contributed by atoms with Gasteiger partial charge in [0.05, 0.1) is 0 Å². The van der Waals surface area contributed by atoms with E-state index in [2.05, 4.69) is 12.2 Å². The van der Waals surface area contributed by atoms with E-state index in [1.165, 1.54) is 0 Å². The molecule has 0 aromatic rings. The first-order valence-electron chi connectivity index (χ1n) is 8.95. The van der Waals surface area contributed by atoms with Gasteiger partial charge in [0.25, 0.3) is 0 Å². The van der Waals surface area contributed by atoms with Crippen LogP contribution in [0, 0.1) is 5.92 Å². The molecule has 0 heterocycles. The molecule has 130 valence electrons. The molecule has 0 radical (unpaired) electrons. The van der Waals surface area contributed by atoms with Gasteiger partial charge in [-0.15, -0.1) is 0 Å². The van der Waals surface area contributed by atoms with Crippen LogP contribution in [0.15, 0.2) is 0 Å². The first-order chi connectivity index (χ1) is 10.6. The van der Waals surface area contributed by atoms with Gasteiger partial charge in [-0.1, -0.05) is 40.0 Å². The van der Waals surface area contributed by atoms with E-state index in [1.807, 2.05) is 13.8 Å². The van der Waals surface area contributed by atoms with Gasteiger partial charge < -0.3 is 10.1 Å². The van der Waals surface area contributed by atoms with E-state index in [-0.39, 0.29) is 11.8 Å². The molecule has 0 rings (SSSR count). The molecular formula is C18H35NO3. The highest BCUT2D eigenvalue weighted by molar-refractivity contribution is 5.80. The molecule has 0 aromatic carbocycles. The van der Waals surface area contributed by atoms with Gasteiger partial charge in [0.15, 0.2) is 0 Å². The molecule has 4 nitrogen and oxygen atoms in total. The molecule has 4 heteroatoms. The van der Waals surface area contributed by atoms with Crippen molar-refractivity contribution in [1.82, 2.24) is 5.32 Å². The largest absolute Gasteiger partial charge is 0.381 e. The second-order valence-corrected chi connectivity index (χ2v) is 6.20. The van der Waals surface area contributed by atoms with Gasteiger partial charge in [0, 0.05) is 38.5 Å². The van der Waals surface area contributed by atoms with E-state index in [1.54, 1.807) is 0 Å². The summed E-state index contributed by atoms with van der Waals surface area (Å²) in [5.74, 6) is 0.667. The monoisotopic (exact) mass is 313 g/mol. The number of carbonyl (C=O) groups excluding carboxylic acids is 2. The summed E-state index contributed by atoms with van der Waals surface area (Å²) in [7, 11) is 0. The number of ketones is 1. The number of carbonyl (C=O) groups is 2. The third kappa shape index (κ3) is 14.1. The summed E-state index contributed by atoms with van der Waals surface area (Å²) in [5.41, 5.74) is 0. The summed E-state index contributed by atoms with van der Waals surface area (Å²) in [5, 5.41) is 2.95. The van der Waals surface area contributed by atoms with Crippen LogP contribution in [0.3, 0.4) is 0 Å². The number of amides is 1. The van der Waals surface area contributed by atoms with Gasteiger partial charge in [-0.2, -0.15) is 0 Å². The number of hydrogen-bond donors (Lipinski definition) is 1. The SMILES string of the molecule is CCCOCCCC(=O)NCCCCCCCC(=O)C(C)C. The van der Waals surface area contributed by atoms with Gasteiger partial charge in [-0.25, -0.2) is 0 Å². The van der Waals surface area contributed by atoms with Crippen LogP contribution in [0.4, 0.5) is 0 Å². The summed E-state index contributed by atoms with van der Waals surface area (Å²) in [6, 6.07) is 0. The van der Waals surface area contributed by atoms with Gasteiger partial charge >= 0.3 is 0 Å². The maximum absolute atomic E-state index is 11.5. The van der Waals surface area contributed by atoms with Gasteiger partial charge in [0.1, 0.15) is 5.78 Å². The second-order valence-electron chi connectivity index (χ2n) is 6.20. The van der Waals surface area contributed by atoms with Crippen LogP contribution < -0.4 is 5.32 Å². The third-order valence-corrected chi connectivity index (χ3v) is 3.61. The van der Waals surface area contributed by atoms with Crippen molar-refractivity contribution in [2.24, 2.45) is 5.92 Å². The van der Waals surface area contributed by atoms with Crippen molar-refractivity contribution in [1.29, 1.82) is 0 Å². The van der Waals surface area contributed by atoms with Crippen LogP contribution in [0.25, 0.3) is 0 Å². The summed E-state index contributed by atoms with van der Waals surface area (Å²) >= 11 is 0. The van der Waals surface area contributed by atoms with E-state index in [9.17, 15) is 9.59 Å². The molecule has 0 atom stereocenters. The molecule has 0 aliphatic rings. The average Bonchev–Trinajstić information content (AvgIpc) is 2.49. The smallest absolute Gasteiger partial charge is 0.220 e. The van der Waals surface area contributed by atoms with Crippen LogP contribution in [0.1, 0.15) is 78.6 Å². The second kappa shape index (κ2) is 15.0. The molecule has 0 unspecified atom stereocenters. The third-order valence-electron chi connectivity index (χ3n) is 3.61. The topological polar surface area (TPSA) is 55.4 Å². The van der Waals surface area contributed by atoms with Crippen molar-refractivity contribution in [2.45, 2.75) is 78.6 Å². The zero-order valence-corrected chi connectivity index (χ0v) is 14.8. The summed E-state index contributed by atoms with van der Waals surface area (Å²) in [6.45, 7) is 8.22. The minimum absolute atomic E-state index is 0.127. The number of hydrogen-bond acceptors (Lipinski definition) is 3. The van der Waals surface area contributed by atoms with Crippen molar-refractivity contribution in [2.75, 3.05) is 19.8 Å². The van der Waals surface area contributed by atoms with Crippen molar-refractivity contribution in [3.63, 3.8) is 0 Å². The molecule has 1 N–H and O–H groups in total. The summed E-state index contributed by atoms with van der Waals surface area (Å²) in [4.78, 5) is 23.0. The maximum atomic E-state index is 11.5. The lowest BCUT2D eigenvalue weighted by Crippen LogP contribution is -2.24. The maximum Gasteiger partial charge on any atom is 0.220 e. The first kappa shape index (κ1) is 21.1. The average molecular weight is 313 g/mol. The zero-order valence-electron chi connectivity index (χ0n) is 14.8. The zero-order chi connectivity index (χ0) is 16.6. The fourth-order valence-electron chi connectivity index (χ4n) is 2.14. The number of nitrogens with one attached hydrogen (secondary N) is 1. The van der Waals surface area contributed by atoms with Crippen LogP contribution in [0.5, 0.6) is 0 Å². The van der Waals surface area contributed by atoms with Crippen LogP contribution in [-0.4, -0.2) is 31.4 Å². The molecule has 0 aromatic heterocycles. The number of ether oxygens (including phenoxy) is 1. The summed E-state index contributed by atoms with van der Waals surface area (Å²) < 4.78 is 5.34. The van der Waals surface area contributed by atoms with Crippen molar-refractivity contribution in [3.05, 3.63) is 0 Å². The highest BCUT2D eigenvalue weighted by Gasteiger charge is 2.05. The molecule has 22 heavy (non-hydrogen) atoms. The Morgan fingerprint density at radius 1 is 0.909 bits per heavy atom. The molecule has 0 bridgehead atoms. The molecule has 0 aliphatic carbocycles. The van der Waals surface area contributed by atoms with E-state index >= 15 is 0 Å². The van der Waals surface area contributed by atoms with Gasteiger partial charge in [-0.05, 0) is 25.7 Å². The van der Waals surface area contributed by atoms with E-state index in [4.69, 9.17) is 4.74 Å². The number of Topliss-reactive ketones (excluding diaryl/α,β-unsaturated/α-hetero) is 1. The van der Waals surface area contributed by atoms with E-state index in [0.29, 0.717) is 25.2 Å². The molecule has 1 amide bonds. The van der Waals surface area contributed by atoms with Crippen LogP contribution in [-0.2, 0) is 14.3 Å². The molecule has 0 spiro atoms. The fourth-order valence-corrected chi connectivity index (χ4v) is 2.14. The molecule has 0 saturated heterocycles. The van der Waals surface area contributed by atoms with Gasteiger partial charge in [0.2, 0.25) is 5.91 Å². The van der Waals surface area contributed by atoms with Crippen molar-refractivity contribution >= 4 is 11.7 Å². The van der Waals surface area contributed by atoms with Crippen molar-refractivity contribution < 1.29 is 14.3 Å². The Kier molecular flexibility index (Phi) is 14.4. The Labute approximate surface area is 136 Å².